The monoisotopic (exact) mass is 284 g/mol. The lowest BCUT2D eigenvalue weighted by Gasteiger charge is -2.09. The third-order valence-corrected chi connectivity index (χ3v) is 2.91. The van der Waals surface area contributed by atoms with Crippen molar-refractivity contribution in [2.45, 2.75) is 59.3 Å². The Balaban J connectivity index is 2.60. The summed E-state index contributed by atoms with van der Waals surface area (Å²) in [6.45, 7) is 8.37. The van der Waals surface area contributed by atoms with E-state index in [-0.39, 0.29) is 0 Å². The number of hydrogen-bond acceptors (Lipinski definition) is 4. The first-order valence-corrected chi connectivity index (χ1v) is 7.83. The fourth-order valence-corrected chi connectivity index (χ4v) is 1.60. The molecular formula is C16H28O4. The zero-order valence-electron chi connectivity index (χ0n) is 13.1. The van der Waals surface area contributed by atoms with Gasteiger partial charge in [-0.15, -0.1) is 0 Å². The molecule has 1 aromatic heterocycles. The molecule has 0 aliphatic carbocycles. The molecular weight excluding hydrogens is 256 g/mol. The van der Waals surface area contributed by atoms with Gasteiger partial charge >= 0.3 is 5.95 Å². The topological polar surface area (TPSA) is 40.8 Å². The number of unbranched alkanes of at least 4 members (excludes halogenated alkanes) is 3. The first-order valence-electron chi connectivity index (χ1n) is 7.83. The summed E-state index contributed by atoms with van der Waals surface area (Å²) < 4.78 is 22.5. The van der Waals surface area contributed by atoms with Crippen LogP contribution in [0.5, 0.6) is 17.4 Å². The van der Waals surface area contributed by atoms with E-state index in [0.29, 0.717) is 37.3 Å². The SMILES string of the molecule is CCCCOc1coc(OCCCC)c1OCCCC. The van der Waals surface area contributed by atoms with Crippen LogP contribution in [0, 0.1) is 0 Å². The molecule has 0 unspecified atom stereocenters. The Bertz CT molecular complexity index is 319. The number of rotatable bonds is 12. The molecule has 0 N–H and O–H groups in total. The van der Waals surface area contributed by atoms with Gasteiger partial charge in [-0.25, -0.2) is 0 Å². The third-order valence-electron chi connectivity index (χ3n) is 2.91. The molecule has 0 saturated heterocycles. The van der Waals surface area contributed by atoms with Crippen LogP contribution in [0.15, 0.2) is 10.7 Å². The molecule has 0 fully saturated rings. The largest absolute Gasteiger partial charge is 0.487 e. The van der Waals surface area contributed by atoms with Crippen LogP contribution in [0.25, 0.3) is 0 Å². The summed E-state index contributed by atoms with van der Waals surface area (Å²) in [5, 5.41) is 0. The highest BCUT2D eigenvalue weighted by Crippen LogP contribution is 2.40. The minimum Gasteiger partial charge on any atom is -0.487 e. The fourth-order valence-electron chi connectivity index (χ4n) is 1.60. The second-order valence-electron chi connectivity index (χ2n) is 4.82. The molecule has 1 rings (SSSR count). The van der Waals surface area contributed by atoms with Crippen molar-refractivity contribution in [3.8, 4) is 17.4 Å². The Kier molecular flexibility index (Phi) is 8.76. The molecule has 4 nitrogen and oxygen atoms in total. The van der Waals surface area contributed by atoms with E-state index in [2.05, 4.69) is 20.8 Å². The molecule has 116 valence electrons. The van der Waals surface area contributed by atoms with E-state index in [1.807, 2.05) is 0 Å². The minimum atomic E-state index is 0.445. The third kappa shape index (κ3) is 5.76. The first-order chi connectivity index (χ1) is 9.83. The van der Waals surface area contributed by atoms with E-state index in [9.17, 15) is 0 Å². The van der Waals surface area contributed by atoms with Crippen molar-refractivity contribution in [1.82, 2.24) is 0 Å². The number of ether oxygens (including phenoxy) is 3. The minimum absolute atomic E-state index is 0.445. The van der Waals surface area contributed by atoms with Gasteiger partial charge in [0.25, 0.3) is 0 Å². The van der Waals surface area contributed by atoms with E-state index in [0.717, 1.165) is 38.5 Å². The Hall–Kier alpha value is -1.32. The Morgan fingerprint density at radius 3 is 1.95 bits per heavy atom. The lowest BCUT2D eigenvalue weighted by molar-refractivity contribution is 0.210. The lowest BCUT2D eigenvalue weighted by atomic mass is 10.3. The first kappa shape index (κ1) is 16.7. The number of hydrogen-bond donors (Lipinski definition) is 0. The fraction of sp³-hybridized carbons (Fsp3) is 0.750. The van der Waals surface area contributed by atoms with Crippen LogP contribution in [0.3, 0.4) is 0 Å². The van der Waals surface area contributed by atoms with Gasteiger partial charge in [-0.1, -0.05) is 40.0 Å². The van der Waals surface area contributed by atoms with Gasteiger partial charge in [0, 0.05) is 0 Å². The molecule has 1 heterocycles. The molecule has 0 aromatic carbocycles. The highest BCUT2D eigenvalue weighted by Gasteiger charge is 2.18. The molecule has 0 bridgehead atoms. The van der Waals surface area contributed by atoms with Gasteiger partial charge in [-0.05, 0) is 19.3 Å². The van der Waals surface area contributed by atoms with Crippen molar-refractivity contribution < 1.29 is 18.6 Å². The second-order valence-corrected chi connectivity index (χ2v) is 4.82. The molecule has 0 atom stereocenters. The van der Waals surface area contributed by atoms with Crippen LogP contribution in [0.1, 0.15) is 59.3 Å². The standard InChI is InChI=1S/C16H28O4/c1-4-7-10-17-14-13-20-16(19-12-9-6-3)15(14)18-11-8-5-2/h13H,4-12H2,1-3H3. The van der Waals surface area contributed by atoms with E-state index in [1.54, 1.807) is 6.26 Å². The quantitative estimate of drug-likeness (QED) is 0.516. The number of furan rings is 1. The summed E-state index contributed by atoms with van der Waals surface area (Å²) >= 11 is 0. The van der Waals surface area contributed by atoms with Gasteiger partial charge in [0.1, 0.15) is 6.26 Å². The van der Waals surface area contributed by atoms with Crippen molar-refractivity contribution in [2.75, 3.05) is 19.8 Å². The highest BCUT2D eigenvalue weighted by molar-refractivity contribution is 5.45. The van der Waals surface area contributed by atoms with Crippen LogP contribution in [0.2, 0.25) is 0 Å². The van der Waals surface area contributed by atoms with Crippen LogP contribution in [0.4, 0.5) is 0 Å². The zero-order chi connectivity index (χ0) is 14.6. The average molecular weight is 284 g/mol. The van der Waals surface area contributed by atoms with Gasteiger partial charge in [0.2, 0.25) is 11.5 Å². The van der Waals surface area contributed by atoms with Gasteiger partial charge in [0.05, 0.1) is 19.8 Å². The predicted molar refractivity (Wildman–Crippen MR) is 79.9 cm³/mol. The van der Waals surface area contributed by atoms with Crippen molar-refractivity contribution in [3.63, 3.8) is 0 Å². The maximum atomic E-state index is 5.77. The normalized spacial score (nSPS) is 10.6. The summed E-state index contributed by atoms with van der Waals surface area (Å²) in [4.78, 5) is 0. The van der Waals surface area contributed by atoms with E-state index in [4.69, 9.17) is 18.6 Å². The van der Waals surface area contributed by atoms with Gasteiger partial charge in [0.15, 0.2) is 0 Å². The summed E-state index contributed by atoms with van der Waals surface area (Å²) in [6.07, 6.45) is 7.89. The zero-order valence-corrected chi connectivity index (χ0v) is 13.1. The van der Waals surface area contributed by atoms with Gasteiger partial charge < -0.3 is 18.6 Å². The maximum Gasteiger partial charge on any atom is 0.332 e. The van der Waals surface area contributed by atoms with Crippen LogP contribution < -0.4 is 14.2 Å². The second kappa shape index (κ2) is 10.5. The van der Waals surface area contributed by atoms with Crippen LogP contribution in [-0.2, 0) is 0 Å². The van der Waals surface area contributed by atoms with Crippen molar-refractivity contribution in [2.24, 2.45) is 0 Å². The predicted octanol–water partition coefficient (Wildman–Crippen LogP) is 4.82. The smallest absolute Gasteiger partial charge is 0.332 e. The summed E-state index contributed by atoms with van der Waals surface area (Å²) in [5.74, 6) is 1.72. The van der Waals surface area contributed by atoms with E-state index < -0.39 is 0 Å². The highest BCUT2D eigenvalue weighted by atomic mass is 16.6. The Labute approximate surface area is 122 Å². The van der Waals surface area contributed by atoms with Gasteiger partial charge in [-0.2, -0.15) is 0 Å². The molecule has 0 saturated carbocycles. The maximum absolute atomic E-state index is 5.77. The molecule has 1 aromatic rings. The molecule has 4 heteroatoms. The summed E-state index contributed by atoms with van der Waals surface area (Å²) in [6, 6.07) is 0. The molecule has 0 spiro atoms. The van der Waals surface area contributed by atoms with Crippen LogP contribution in [-0.4, -0.2) is 19.8 Å². The Morgan fingerprint density at radius 2 is 1.35 bits per heavy atom. The average Bonchev–Trinajstić information content (AvgIpc) is 2.83. The molecule has 0 aliphatic heterocycles. The van der Waals surface area contributed by atoms with Crippen LogP contribution >= 0.6 is 0 Å². The van der Waals surface area contributed by atoms with E-state index in [1.165, 1.54) is 0 Å². The van der Waals surface area contributed by atoms with Crippen molar-refractivity contribution >= 4 is 0 Å². The van der Waals surface area contributed by atoms with Gasteiger partial charge in [-0.3, -0.25) is 0 Å². The summed E-state index contributed by atoms with van der Waals surface area (Å²) in [5.41, 5.74) is 0. The molecule has 0 radical (unpaired) electrons. The van der Waals surface area contributed by atoms with Crippen molar-refractivity contribution in [1.29, 1.82) is 0 Å². The lowest BCUT2D eigenvalue weighted by Crippen LogP contribution is -2.03. The van der Waals surface area contributed by atoms with Crippen molar-refractivity contribution in [3.05, 3.63) is 6.26 Å². The van der Waals surface area contributed by atoms with E-state index >= 15 is 0 Å². The molecule has 20 heavy (non-hydrogen) atoms. The molecule has 0 amide bonds. The summed E-state index contributed by atoms with van der Waals surface area (Å²) in [7, 11) is 0. The molecule has 0 aliphatic rings. The Morgan fingerprint density at radius 1 is 0.800 bits per heavy atom.